The zero-order chi connectivity index (χ0) is 25.9. The van der Waals surface area contributed by atoms with Crippen LogP contribution in [0.5, 0.6) is 0 Å². The first-order valence-corrected chi connectivity index (χ1v) is 14.2. The van der Waals surface area contributed by atoms with Crippen molar-refractivity contribution in [2.75, 3.05) is 48.9 Å². The molecule has 1 aromatic heterocycles. The third kappa shape index (κ3) is 5.82. The van der Waals surface area contributed by atoms with Gasteiger partial charge in [0, 0.05) is 56.5 Å². The lowest BCUT2D eigenvalue weighted by molar-refractivity contribution is -0.125. The third-order valence-corrected chi connectivity index (χ3v) is 8.89. The highest BCUT2D eigenvalue weighted by atomic mass is 32.2. The molecule has 5 rings (SSSR count). The van der Waals surface area contributed by atoms with E-state index in [9.17, 15) is 13.2 Å². The van der Waals surface area contributed by atoms with Crippen LogP contribution < -0.4 is 11.1 Å². The highest BCUT2D eigenvalue weighted by Crippen LogP contribution is 2.37. The number of nitrogens with zero attached hydrogens (tertiary/aromatic N) is 3. The van der Waals surface area contributed by atoms with Gasteiger partial charge < -0.3 is 15.8 Å². The number of aromatic nitrogens is 2. The van der Waals surface area contributed by atoms with E-state index >= 15 is 0 Å². The molecule has 2 aliphatic heterocycles. The van der Waals surface area contributed by atoms with E-state index in [0.717, 1.165) is 27.9 Å². The van der Waals surface area contributed by atoms with Gasteiger partial charge in [-0.15, -0.1) is 0 Å². The van der Waals surface area contributed by atoms with Crippen molar-refractivity contribution >= 4 is 27.4 Å². The van der Waals surface area contributed by atoms with Gasteiger partial charge in [0.25, 0.3) is 0 Å². The fourth-order valence-corrected chi connectivity index (χ4v) is 6.22. The molecule has 37 heavy (non-hydrogen) atoms. The highest BCUT2D eigenvalue weighted by Gasteiger charge is 2.41. The zero-order valence-electron chi connectivity index (χ0n) is 20.6. The molecule has 2 fully saturated rings. The predicted octanol–water partition coefficient (Wildman–Crippen LogP) is 2.64. The van der Waals surface area contributed by atoms with Crippen LogP contribution in [-0.4, -0.2) is 67.0 Å². The number of nitrogens with two attached hydrogens (primary N) is 1. The van der Waals surface area contributed by atoms with Crippen molar-refractivity contribution in [3.63, 3.8) is 0 Å². The first kappa shape index (κ1) is 25.3. The van der Waals surface area contributed by atoms with Gasteiger partial charge in [-0.2, -0.15) is 0 Å². The van der Waals surface area contributed by atoms with Crippen LogP contribution in [0.1, 0.15) is 24.0 Å². The maximum atomic E-state index is 13.7. The minimum Gasteiger partial charge on any atom is -0.381 e. The van der Waals surface area contributed by atoms with E-state index in [1.807, 2.05) is 48.5 Å². The molecule has 10 heteroatoms. The summed E-state index contributed by atoms with van der Waals surface area (Å²) in [5.74, 6) is 0.602. The second-order valence-corrected chi connectivity index (χ2v) is 12.0. The molecule has 3 heterocycles. The van der Waals surface area contributed by atoms with Crippen molar-refractivity contribution in [3.05, 3.63) is 72.1 Å². The third-order valence-electron chi connectivity index (χ3n) is 7.28. The number of ether oxygens (including phenoxy) is 1. The molecule has 3 aromatic rings. The van der Waals surface area contributed by atoms with E-state index in [4.69, 9.17) is 10.5 Å². The highest BCUT2D eigenvalue weighted by molar-refractivity contribution is 7.91. The summed E-state index contributed by atoms with van der Waals surface area (Å²) in [7, 11) is -2.89. The SMILES string of the molecule is Nc1ncc(-c2ccc(C3(C(=O)Nc4ccc(CN5CCS(=O)(=O)CC5)cc4)CCOCC3)cc2)cn1. The van der Waals surface area contributed by atoms with Crippen molar-refractivity contribution < 1.29 is 17.9 Å². The smallest absolute Gasteiger partial charge is 0.235 e. The number of sulfone groups is 1. The van der Waals surface area contributed by atoms with Crippen molar-refractivity contribution in [2.24, 2.45) is 0 Å². The summed E-state index contributed by atoms with van der Waals surface area (Å²) in [6.07, 6.45) is 4.56. The number of amides is 1. The molecule has 194 valence electrons. The molecule has 0 unspecified atom stereocenters. The second-order valence-electron chi connectivity index (χ2n) is 9.68. The van der Waals surface area contributed by atoms with Crippen LogP contribution in [-0.2, 0) is 31.3 Å². The number of rotatable bonds is 6. The minimum absolute atomic E-state index is 0.0478. The van der Waals surface area contributed by atoms with E-state index in [-0.39, 0.29) is 23.4 Å². The van der Waals surface area contributed by atoms with Gasteiger partial charge >= 0.3 is 0 Å². The molecule has 2 aliphatic rings. The number of benzene rings is 2. The number of nitrogens with one attached hydrogen (secondary N) is 1. The summed E-state index contributed by atoms with van der Waals surface area (Å²) in [4.78, 5) is 23.9. The lowest BCUT2D eigenvalue weighted by Crippen LogP contribution is -2.44. The predicted molar refractivity (Wildman–Crippen MR) is 143 cm³/mol. The topological polar surface area (TPSA) is 128 Å². The van der Waals surface area contributed by atoms with Gasteiger partial charge in [0.05, 0.1) is 16.9 Å². The quantitative estimate of drug-likeness (QED) is 0.507. The summed E-state index contributed by atoms with van der Waals surface area (Å²) in [5, 5.41) is 3.12. The monoisotopic (exact) mass is 521 g/mol. The van der Waals surface area contributed by atoms with Crippen LogP contribution in [0.4, 0.5) is 11.6 Å². The molecule has 0 spiro atoms. The maximum Gasteiger partial charge on any atom is 0.235 e. The van der Waals surface area contributed by atoms with Crippen LogP contribution in [0.25, 0.3) is 11.1 Å². The summed E-state index contributed by atoms with van der Waals surface area (Å²) in [5.41, 5.74) is 9.49. The molecule has 0 radical (unpaired) electrons. The minimum atomic E-state index is -2.89. The average Bonchev–Trinajstić information content (AvgIpc) is 2.92. The first-order valence-electron chi connectivity index (χ1n) is 12.4. The van der Waals surface area contributed by atoms with E-state index < -0.39 is 15.3 Å². The molecule has 1 amide bonds. The molecule has 2 saturated heterocycles. The van der Waals surface area contributed by atoms with Gasteiger partial charge in [-0.3, -0.25) is 9.69 Å². The van der Waals surface area contributed by atoms with Crippen molar-refractivity contribution in [2.45, 2.75) is 24.8 Å². The zero-order valence-corrected chi connectivity index (χ0v) is 21.4. The van der Waals surface area contributed by atoms with Crippen LogP contribution in [0, 0.1) is 0 Å². The van der Waals surface area contributed by atoms with Crippen molar-refractivity contribution in [3.8, 4) is 11.1 Å². The summed E-state index contributed by atoms with van der Waals surface area (Å²) < 4.78 is 28.9. The fourth-order valence-electron chi connectivity index (χ4n) is 4.95. The van der Waals surface area contributed by atoms with Gasteiger partial charge in [-0.25, -0.2) is 18.4 Å². The Bertz CT molecular complexity index is 1320. The van der Waals surface area contributed by atoms with E-state index in [1.54, 1.807) is 12.4 Å². The lowest BCUT2D eigenvalue weighted by atomic mass is 9.73. The maximum absolute atomic E-state index is 13.7. The molecule has 0 aliphatic carbocycles. The van der Waals surface area contributed by atoms with Crippen LogP contribution in [0.15, 0.2) is 60.9 Å². The van der Waals surface area contributed by atoms with Crippen molar-refractivity contribution in [1.82, 2.24) is 14.9 Å². The molecule has 2 aromatic carbocycles. The molecular formula is C27H31N5O4S. The Morgan fingerprint density at radius 3 is 2.19 bits per heavy atom. The largest absolute Gasteiger partial charge is 0.381 e. The lowest BCUT2D eigenvalue weighted by Gasteiger charge is -2.36. The Balaban J connectivity index is 1.29. The van der Waals surface area contributed by atoms with Gasteiger partial charge in [0.1, 0.15) is 0 Å². The molecular weight excluding hydrogens is 490 g/mol. The molecule has 9 nitrogen and oxygen atoms in total. The summed E-state index contributed by atoms with van der Waals surface area (Å²) in [6.45, 7) is 2.83. The Morgan fingerprint density at radius 2 is 1.57 bits per heavy atom. The summed E-state index contributed by atoms with van der Waals surface area (Å²) >= 11 is 0. The Kier molecular flexibility index (Phi) is 7.23. The number of hydrogen-bond donors (Lipinski definition) is 2. The van der Waals surface area contributed by atoms with Gasteiger partial charge in [0.2, 0.25) is 11.9 Å². The Morgan fingerprint density at radius 1 is 0.946 bits per heavy atom. The average molecular weight is 522 g/mol. The van der Waals surface area contributed by atoms with E-state index in [0.29, 0.717) is 45.7 Å². The van der Waals surface area contributed by atoms with E-state index in [1.165, 1.54) is 0 Å². The molecule has 3 N–H and O–H groups in total. The fraction of sp³-hybridized carbons (Fsp3) is 0.370. The number of carbonyl (C=O) groups excluding carboxylic acids is 1. The van der Waals surface area contributed by atoms with Crippen LogP contribution in [0.3, 0.4) is 0 Å². The Labute approximate surface area is 217 Å². The summed E-state index contributed by atoms with van der Waals surface area (Å²) in [6, 6.07) is 15.7. The Hall–Kier alpha value is -3.34. The number of nitrogen functional groups attached to an aromatic ring is 1. The standard InChI is InChI=1S/C27H31N5O4S/c28-26-29-17-22(18-30-26)21-3-5-23(6-4-21)27(9-13-36-14-10-27)25(33)31-24-7-1-20(2-8-24)19-32-11-15-37(34,35)16-12-32/h1-8,17-18H,9-16,19H2,(H,31,33)(H2,28,29,30). The van der Waals surface area contributed by atoms with Crippen LogP contribution >= 0.6 is 0 Å². The number of anilines is 2. The van der Waals surface area contributed by atoms with Crippen LogP contribution in [0.2, 0.25) is 0 Å². The van der Waals surface area contributed by atoms with Gasteiger partial charge in [0.15, 0.2) is 9.84 Å². The number of carbonyl (C=O) groups is 1. The van der Waals surface area contributed by atoms with Crippen molar-refractivity contribution in [1.29, 1.82) is 0 Å². The van der Waals surface area contributed by atoms with Gasteiger partial charge in [-0.05, 0) is 41.7 Å². The molecule has 0 bridgehead atoms. The normalized spacial score (nSPS) is 19.2. The van der Waals surface area contributed by atoms with Gasteiger partial charge in [-0.1, -0.05) is 36.4 Å². The first-order chi connectivity index (χ1) is 17.8. The molecule has 0 saturated carbocycles. The van der Waals surface area contributed by atoms with E-state index in [2.05, 4.69) is 20.2 Å². The number of hydrogen-bond acceptors (Lipinski definition) is 8. The second kappa shape index (κ2) is 10.6. The molecule has 0 atom stereocenters.